The molecule has 0 unspecified atom stereocenters. The van der Waals surface area contributed by atoms with Gasteiger partial charge < -0.3 is 4.90 Å². The maximum atomic E-state index is 12.9. The van der Waals surface area contributed by atoms with Crippen molar-refractivity contribution < 1.29 is 13.2 Å². The van der Waals surface area contributed by atoms with Gasteiger partial charge in [0.25, 0.3) is 0 Å². The zero-order chi connectivity index (χ0) is 19.6. The summed E-state index contributed by atoms with van der Waals surface area (Å²) in [5, 5.41) is 0. The minimum Gasteiger partial charge on any atom is -0.312 e. The first kappa shape index (κ1) is 19.4. The zero-order valence-electron chi connectivity index (χ0n) is 16.1. The molecule has 6 heteroatoms. The van der Waals surface area contributed by atoms with Gasteiger partial charge in [-0.25, -0.2) is 8.42 Å². The van der Waals surface area contributed by atoms with Crippen LogP contribution in [0.25, 0.3) is 0 Å². The lowest BCUT2D eigenvalue weighted by Crippen LogP contribution is -2.39. The maximum Gasteiger partial charge on any atom is 0.232 e. The van der Waals surface area contributed by atoms with Crippen LogP contribution in [0.2, 0.25) is 0 Å². The third-order valence-electron chi connectivity index (χ3n) is 4.97. The molecular weight excluding hydrogens is 360 g/mol. The fourth-order valence-electron chi connectivity index (χ4n) is 3.58. The van der Waals surface area contributed by atoms with Crippen LogP contribution in [0, 0.1) is 13.8 Å². The molecule has 0 bridgehead atoms. The summed E-state index contributed by atoms with van der Waals surface area (Å²) in [4.78, 5) is 14.7. The first-order valence-corrected chi connectivity index (χ1v) is 11.1. The Kier molecular flexibility index (Phi) is 5.56. The van der Waals surface area contributed by atoms with E-state index < -0.39 is 10.0 Å². The highest BCUT2D eigenvalue weighted by molar-refractivity contribution is 7.92. The smallest absolute Gasteiger partial charge is 0.232 e. The molecule has 1 amide bonds. The second-order valence-corrected chi connectivity index (χ2v) is 9.06. The van der Waals surface area contributed by atoms with Gasteiger partial charge in [-0.1, -0.05) is 30.3 Å². The summed E-state index contributed by atoms with van der Waals surface area (Å²) in [6.45, 7) is 4.63. The molecular formula is C21H26N2O3S. The van der Waals surface area contributed by atoms with Crippen molar-refractivity contribution in [3.8, 4) is 0 Å². The summed E-state index contributed by atoms with van der Waals surface area (Å²) in [5.74, 6) is -0.0406. The van der Waals surface area contributed by atoms with E-state index in [0.29, 0.717) is 12.2 Å². The number of carbonyl (C=O) groups is 1. The van der Waals surface area contributed by atoms with Gasteiger partial charge in [0.15, 0.2) is 0 Å². The predicted molar refractivity (Wildman–Crippen MR) is 110 cm³/mol. The predicted octanol–water partition coefficient (Wildman–Crippen LogP) is 3.44. The van der Waals surface area contributed by atoms with Crippen LogP contribution < -0.4 is 9.21 Å². The molecule has 0 aliphatic carbocycles. The average Bonchev–Trinajstić information content (AvgIpc) is 2.63. The Morgan fingerprint density at radius 3 is 2.63 bits per heavy atom. The van der Waals surface area contributed by atoms with E-state index in [1.54, 1.807) is 4.90 Å². The first-order valence-electron chi connectivity index (χ1n) is 9.20. The number of nitrogens with zero attached hydrogens (tertiary/aromatic N) is 2. The SMILES string of the molecule is Cc1ccc(C)c(N(CCC(=O)N2CCCc3ccccc32)S(C)(=O)=O)c1. The van der Waals surface area contributed by atoms with Crippen LogP contribution in [-0.4, -0.2) is 33.7 Å². The highest BCUT2D eigenvalue weighted by Crippen LogP contribution is 2.28. The molecule has 0 atom stereocenters. The molecule has 1 heterocycles. The lowest BCUT2D eigenvalue weighted by molar-refractivity contribution is -0.118. The number of amides is 1. The summed E-state index contributed by atoms with van der Waals surface area (Å²) >= 11 is 0. The van der Waals surface area contributed by atoms with Gasteiger partial charge >= 0.3 is 0 Å². The molecule has 0 saturated carbocycles. The average molecular weight is 387 g/mol. The van der Waals surface area contributed by atoms with Gasteiger partial charge in [-0.2, -0.15) is 0 Å². The number of para-hydroxylation sites is 1. The van der Waals surface area contributed by atoms with Gasteiger partial charge in [0.1, 0.15) is 0 Å². The van der Waals surface area contributed by atoms with Crippen LogP contribution in [0.5, 0.6) is 0 Å². The minimum absolute atomic E-state index is 0.0406. The molecule has 0 fully saturated rings. The Morgan fingerprint density at radius 2 is 1.89 bits per heavy atom. The molecule has 27 heavy (non-hydrogen) atoms. The molecule has 1 aliphatic heterocycles. The van der Waals surface area contributed by atoms with Crippen molar-refractivity contribution >= 4 is 27.3 Å². The first-order chi connectivity index (χ1) is 12.8. The second-order valence-electron chi connectivity index (χ2n) is 7.15. The number of rotatable bonds is 5. The molecule has 0 radical (unpaired) electrons. The normalized spacial score (nSPS) is 14.0. The Balaban J connectivity index is 1.81. The van der Waals surface area contributed by atoms with Crippen molar-refractivity contribution in [1.29, 1.82) is 0 Å². The van der Waals surface area contributed by atoms with Crippen LogP contribution >= 0.6 is 0 Å². The van der Waals surface area contributed by atoms with Crippen LogP contribution in [0.3, 0.4) is 0 Å². The molecule has 2 aromatic rings. The third kappa shape index (κ3) is 4.33. The minimum atomic E-state index is -3.48. The van der Waals surface area contributed by atoms with Gasteiger partial charge in [0.2, 0.25) is 15.9 Å². The highest BCUT2D eigenvalue weighted by atomic mass is 32.2. The molecule has 0 spiro atoms. The van der Waals surface area contributed by atoms with E-state index in [9.17, 15) is 13.2 Å². The number of aryl methyl sites for hydroxylation is 3. The van der Waals surface area contributed by atoms with Crippen molar-refractivity contribution in [1.82, 2.24) is 0 Å². The number of hydrogen-bond acceptors (Lipinski definition) is 3. The number of hydrogen-bond donors (Lipinski definition) is 0. The summed E-state index contributed by atoms with van der Waals surface area (Å²) in [6, 6.07) is 13.7. The maximum absolute atomic E-state index is 12.9. The van der Waals surface area contributed by atoms with Crippen molar-refractivity contribution in [3.63, 3.8) is 0 Å². The van der Waals surface area contributed by atoms with E-state index in [1.807, 2.05) is 56.3 Å². The zero-order valence-corrected chi connectivity index (χ0v) is 16.9. The lowest BCUT2D eigenvalue weighted by Gasteiger charge is -2.31. The lowest BCUT2D eigenvalue weighted by atomic mass is 10.0. The Hall–Kier alpha value is -2.34. The molecule has 0 N–H and O–H groups in total. The van der Waals surface area contributed by atoms with E-state index in [4.69, 9.17) is 0 Å². The third-order valence-corrected chi connectivity index (χ3v) is 6.15. The summed E-state index contributed by atoms with van der Waals surface area (Å²) in [7, 11) is -3.48. The summed E-state index contributed by atoms with van der Waals surface area (Å²) < 4.78 is 26.1. The monoisotopic (exact) mass is 386 g/mol. The van der Waals surface area contributed by atoms with E-state index in [1.165, 1.54) is 16.1 Å². The number of anilines is 2. The number of fused-ring (bicyclic) bond motifs is 1. The van der Waals surface area contributed by atoms with E-state index >= 15 is 0 Å². The van der Waals surface area contributed by atoms with Crippen LogP contribution in [0.1, 0.15) is 29.5 Å². The van der Waals surface area contributed by atoms with Gasteiger partial charge in [-0.15, -0.1) is 0 Å². The fraction of sp³-hybridized carbons (Fsp3) is 0.381. The molecule has 3 rings (SSSR count). The van der Waals surface area contributed by atoms with Gasteiger partial charge in [-0.05, 0) is 55.5 Å². The fourth-order valence-corrected chi connectivity index (χ4v) is 4.55. The Morgan fingerprint density at radius 1 is 1.15 bits per heavy atom. The molecule has 0 saturated heterocycles. The van der Waals surface area contributed by atoms with Gasteiger partial charge in [0, 0.05) is 25.2 Å². The number of sulfonamides is 1. The van der Waals surface area contributed by atoms with Crippen molar-refractivity contribution in [3.05, 3.63) is 59.2 Å². The molecule has 1 aliphatic rings. The second kappa shape index (κ2) is 7.72. The van der Waals surface area contributed by atoms with Crippen LogP contribution in [0.15, 0.2) is 42.5 Å². The Labute approximate surface area is 161 Å². The number of carbonyl (C=O) groups excluding carboxylic acids is 1. The van der Waals surface area contributed by atoms with Gasteiger partial charge in [-0.3, -0.25) is 9.10 Å². The van der Waals surface area contributed by atoms with Crippen molar-refractivity contribution in [2.75, 3.05) is 28.6 Å². The molecule has 0 aromatic heterocycles. The topological polar surface area (TPSA) is 57.7 Å². The molecule has 5 nitrogen and oxygen atoms in total. The van der Waals surface area contributed by atoms with E-state index in [2.05, 4.69) is 0 Å². The Bertz CT molecular complexity index is 954. The number of benzene rings is 2. The van der Waals surface area contributed by atoms with Crippen LogP contribution in [-0.2, 0) is 21.2 Å². The van der Waals surface area contributed by atoms with Crippen molar-refractivity contribution in [2.24, 2.45) is 0 Å². The summed E-state index contributed by atoms with van der Waals surface area (Å²) in [6.07, 6.45) is 3.23. The quantitative estimate of drug-likeness (QED) is 0.791. The van der Waals surface area contributed by atoms with Crippen molar-refractivity contribution in [2.45, 2.75) is 33.1 Å². The van der Waals surface area contributed by atoms with Gasteiger partial charge in [0.05, 0.1) is 11.9 Å². The van der Waals surface area contributed by atoms with Crippen LogP contribution in [0.4, 0.5) is 11.4 Å². The van der Waals surface area contributed by atoms with E-state index in [0.717, 1.165) is 29.7 Å². The summed E-state index contributed by atoms with van der Waals surface area (Å²) in [5.41, 5.74) is 4.63. The largest absolute Gasteiger partial charge is 0.312 e. The van der Waals surface area contributed by atoms with E-state index in [-0.39, 0.29) is 18.9 Å². The molecule has 2 aromatic carbocycles. The highest BCUT2D eigenvalue weighted by Gasteiger charge is 2.25. The standard InChI is InChI=1S/C21H26N2O3S/c1-16-10-11-17(2)20(15-16)23(27(3,25)26)14-12-21(24)22-13-6-8-18-7-4-5-9-19(18)22/h4-5,7,9-11,15H,6,8,12-14H2,1-3H3. The molecule has 144 valence electrons.